The van der Waals surface area contributed by atoms with Crippen LogP contribution in [0, 0.1) is 0 Å². The van der Waals surface area contributed by atoms with Crippen molar-refractivity contribution in [1.82, 2.24) is 15.0 Å². The topological polar surface area (TPSA) is 116 Å². The number of benzene rings is 2. The van der Waals surface area contributed by atoms with Crippen LogP contribution in [0.4, 0.5) is 0 Å². The molecule has 0 atom stereocenters. The summed E-state index contributed by atoms with van der Waals surface area (Å²) in [5.41, 5.74) is 0.777. The summed E-state index contributed by atoms with van der Waals surface area (Å²) >= 11 is 0. The van der Waals surface area contributed by atoms with Gasteiger partial charge in [-0.3, -0.25) is 4.79 Å². The van der Waals surface area contributed by atoms with Crippen molar-refractivity contribution in [2.45, 2.75) is 31.7 Å². The summed E-state index contributed by atoms with van der Waals surface area (Å²) in [5.74, 6) is 1.90. The molecule has 186 valence electrons. The van der Waals surface area contributed by atoms with Gasteiger partial charge in [-0.2, -0.15) is 0 Å². The van der Waals surface area contributed by atoms with Gasteiger partial charge in [-0.1, -0.05) is 18.2 Å². The molecule has 0 spiro atoms. The zero-order valence-corrected chi connectivity index (χ0v) is 20.5. The molecule has 0 unspecified atom stereocenters. The molecule has 0 saturated carbocycles. The second-order valence-corrected chi connectivity index (χ2v) is 9.08. The summed E-state index contributed by atoms with van der Waals surface area (Å²) in [5, 5.41) is 2.75. The molecule has 1 heterocycles. The fourth-order valence-corrected chi connectivity index (χ4v) is 4.08. The average molecular weight is 500 g/mol. The lowest BCUT2D eigenvalue weighted by Gasteiger charge is -2.11. The van der Waals surface area contributed by atoms with Crippen molar-refractivity contribution in [3.8, 4) is 23.1 Å². The zero-order chi connectivity index (χ0) is 25.1. The molecule has 0 saturated heterocycles. The summed E-state index contributed by atoms with van der Waals surface area (Å²) in [6.45, 7) is 5.00. The molecule has 9 nitrogen and oxygen atoms in total. The van der Waals surface area contributed by atoms with Crippen LogP contribution in [0.15, 0.2) is 71.8 Å². The fraction of sp³-hybridized carbons (Fsp3) is 0.280. The van der Waals surface area contributed by atoms with Gasteiger partial charge in [0.25, 0.3) is 0 Å². The monoisotopic (exact) mass is 499 g/mol. The Morgan fingerprint density at radius 1 is 0.914 bits per heavy atom. The number of carbonyl (C=O) groups is 1. The second-order valence-electron chi connectivity index (χ2n) is 7.32. The maximum absolute atomic E-state index is 12.4. The molecule has 0 aliphatic heterocycles. The maximum atomic E-state index is 12.4. The van der Waals surface area contributed by atoms with Crippen molar-refractivity contribution in [1.29, 1.82) is 0 Å². The molecule has 10 heteroatoms. The van der Waals surface area contributed by atoms with E-state index in [2.05, 4.69) is 15.0 Å². The molecule has 2 N–H and O–H groups in total. The maximum Gasteiger partial charge on any atom is 0.240 e. The van der Waals surface area contributed by atoms with Crippen molar-refractivity contribution >= 4 is 15.9 Å². The third-order valence-corrected chi connectivity index (χ3v) is 6.22. The standard InChI is InChI=1S/C25H29N3O6S/c1-3-32-20-10-12-21(13-11-20)35(30,31)28-16-15-24(29)26-17-19-9-14-25(27-18-19)34-23-8-6-5-7-22(23)33-4-2/h5-14,18,28H,3-4,15-17H2,1-2H3,(H,26,29). The lowest BCUT2D eigenvalue weighted by atomic mass is 10.2. The number of pyridine rings is 1. The van der Waals surface area contributed by atoms with Crippen molar-refractivity contribution in [2.24, 2.45) is 0 Å². The van der Waals surface area contributed by atoms with Crippen molar-refractivity contribution in [3.63, 3.8) is 0 Å². The Balaban J connectivity index is 1.43. The molecule has 3 aromatic rings. The molecule has 0 fully saturated rings. The zero-order valence-electron chi connectivity index (χ0n) is 19.7. The minimum atomic E-state index is -3.71. The highest BCUT2D eigenvalue weighted by molar-refractivity contribution is 7.89. The van der Waals surface area contributed by atoms with Crippen molar-refractivity contribution < 1.29 is 27.4 Å². The predicted molar refractivity (Wildman–Crippen MR) is 131 cm³/mol. The van der Waals surface area contributed by atoms with E-state index in [0.29, 0.717) is 36.3 Å². The minimum absolute atomic E-state index is 0.000898. The number of rotatable bonds is 13. The van der Waals surface area contributed by atoms with Gasteiger partial charge < -0.3 is 19.5 Å². The van der Waals surface area contributed by atoms with Gasteiger partial charge in [0.15, 0.2) is 11.5 Å². The Kier molecular flexibility index (Phi) is 9.45. The van der Waals surface area contributed by atoms with E-state index in [4.69, 9.17) is 14.2 Å². The van der Waals surface area contributed by atoms with E-state index in [-0.39, 0.29) is 30.3 Å². The molecule has 2 aromatic carbocycles. The fourth-order valence-electron chi connectivity index (χ4n) is 3.05. The molecular weight excluding hydrogens is 470 g/mol. The van der Waals surface area contributed by atoms with Gasteiger partial charge in [0.05, 0.1) is 18.1 Å². The molecule has 3 rings (SSSR count). The average Bonchev–Trinajstić information content (AvgIpc) is 2.85. The number of ether oxygens (including phenoxy) is 3. The van der Waals surface area contributed by atoms with Crippen LogP contribution in [-0.2, 0) is 21.4 Å². The number of sulfonamides is 1. The molecule has 1 aromatic heterocycles. The number of amides is 1. The molecule has 0 bridgehead atoms. The summed E-state index contributed by atoms with van der Waals surface area (Å²) in [4.78, 5) is 16.5. The summed E-state index contributed by atoms with van der Waals surface area (Å²) in [6, 6.07) is 16.9. The van der Waals surface area contributed by atoms with E-state index < -0.39 is 10.0 Å². The third-order valence-electron chi connectivity index (χ3n) is 4.74. The van der Waals surface area contributed by atoms with Crippen LogP contribution in [0.5, 0.6) is 23.1 Å². The summed E-state index contributed by atoms with van der Waals surface area (Å²) in [6.07, 6.45) is 1.60. The van der Waals surface area contributed by atoms with Gasteiger partial charge in [-0.25, -0.2) is 18.1 Å². The first kappa shape index (κ1) is 26.0. The van der Waals surface area contributed by atoms with Crippen LogP contribution in [0.3, 0.4) is 0 Å². The number of hydrogen-bond donors (Lipinski definition) is 2. The van der Waals surface area contributed by atoms with E-state index in [1.165, 1.54) is 12.1 Å². The largest absolute Gasteiger partial charge is 0.494 e. The first-order valence-electron chi connectivity index (χ1n) is 11.2. The van der Waals surface area contributed by atoms with E-state index in [1.807, 2.05) is 32.0 Å². The molecule has 0 aliphatic rings. The van der Waals surface area contributed by atoms with Crippen LogP contribution >= 0.6 is 0 Å². The van der Waals surface area contributed by atoms with E-state index in [1.54, 1.807) is 36.5 Å². The number of nitrogens with zero attached hydrogens (tertiary/aromatic N) is 1. The van der Waals surface area contributed by atoms with Gasteiger partial charge in [-0.15, -0.1) is 0 Å². The van der Waals surface area contributed by atoms with Crippen LogP contribution < -0.4 is 24.2 Å². The highest BCUT2D eigenvalue weighted by Crippen LogP contribution is 2.30. The van der Waals surface area contributed by atoms with Crippen LogP contribution in [0.1, 0.15) is 25.8 Å². The van der Waals surface area contributed by atoms with Gasteiger partial charge >= 0.3 is 0 Å². The van der Waals surface area contributed by atoms with Gasteiger partial charge in [0.1, 0.15) is 5.75 Å². The Morgan fingerprint density at radius 2 is 1.63 bits per heavy atom. The van der Waals surface area contributed by atoms with Gasteiger partial charge in [-0.05, 0) is 55.8 Å². The SMILES string of the molecule is CCOc1ccc(S(=O)(=O)NCCC(=O)NCc2ccc(Oc3ccccc3OCC)nc2)cc1. The first-order chi connectivity index (χ1) is 16.9. The highest BCUT2D eigenvalue weighted by atomic mass is 32.2. The molecular formula is C25H29N3O6S. The lowest BCUT2D eigenvalue weighted by Crippen LogP contribution is -2.30. The first-order valence-corrected chi connectivity index (χ1v) is 12.7. The van der Waals surface area contributed by atoms with Gasteiger partial charge in [0.2, 0.25) is 21.8 Å². The minimum Gasteiger partial charge on any atom is -0.494 e. The Morgan fingerprint density at radius 3 is 2.29 bits per heavy atom. The number of aromatic nitrogens is 1. The van der Waals surface area contributed by atoms with Crippen LogP contribution in [0.25, 0.3) is 0 Å². The second kappa shape index (κ2) is 12.7. The quantitative estimate of drug-likeness (QED) is 0.369. The van der Waals surface area contributed by atoms with Gasteiger partial charge in [0, 0.05) is 31.8 Å². The Labute approximate surface area is 205 Å². The Bertz CT molecular complexity index is 1200. The number of carbonyl (C=O) groups excluding carboxylic acids is 1. The van der Waals surface area contributed by atoms with Crippen LogP contribution in [0.2, 0.25) is 0 Å². The Hall–Kier alpha value is -3.63. The number of nitrogens with one attached hydrogen (secondary N) is 2. The van der Waals surface area contributed by atoms with E-state index in [0.717, 1.165) is 5.56 Å². The molecule has 1 amide bonds. The number of para-hydroxylation sites is 2. The molecule has 0 aliphatic carbocycles. The highest BCUT2D eigenvalue weighted by Gasteiger charge is 2.14. The lowest BCUT2D eigenvalue weighted by molar-refractivity contribution is -0.121. The van der Waals surface area contributed by atoms with Crippen molar-refractivity contribution in [2.75, 3.05) is 19.8 Å². The number of hydrogen-bond acceptors (Lipinski definition) is 7. The van der Waals surface area contributed by atoms with E-state index in [9.17, 15) is 13.2 Å². The third kappa shape index (κ3) is 7.97. The summed E-state index contributed by atoms with van der Waals surface area (Å²) < 4.78 is 43.8. The predicted octanol–water partition coefficient (Wildman–Crippen LogP) is 3.66. The summed E-state index contributed by atoms with van der Waals surface area (Å²) in [7, 11) is -3.71. The smallest absolute Gasteiger partial charge is 0.240 e. The van der Waals surface area contributed by atoms with Crippen molar-refractivity contribution in [3.05, 3.63) is 72.4 Å². The normalized spacial score (nSPS) is 11.0. The van der Waals surface area contributed by atoms with Crippen LogP contribution in [-0.4, -0.2) is 39.1 Å². The molecule has 35 heavy (non-hydrogen) atoms. The molecule has 0 radical (unpaired) electrons. The van der Waals surface area contributed by atoms with E-state index >= 15 is 0 Å².